The van der Waals surface area contributed by atoms with E-state index in [0.29, 0.717) is 6.54 Å². The third kappa shape index (κ3) is 3.21. The maximum atomic E-state index is 8.54. The molecule has 1 aromatic heterocycles. The SMILES string of the molecule is CC(C(N)=NO)N(C)Cc1ccccn1. The summed E-state index contributed by atoms with van der Waals surface area (Å²) in [6.45, 7) is 2.54. The molecule has 0 fully saturated rings. The Labute approximate surface area is 89.2 Å². The first-order chi connectivity index (χ1) is 7.15. The van der Waals surface area contributed by atoms with Gasteiger partial charge in [0.1, 0.15) is 0 Å². The van der Waals surface area contributed by atoms with Crippen molar-refractivity contribution in [2.45, 2.75) is 19.5 Å². The fourth-order valence-electron chi connectivity index (χ4n) is 1.19. The fourth-order valence-corrected chi connectivity index (χ4v) is 1.19. The van der Waals surface area contributed by atoms with Crippen molar-refractivity contribution in [2.24, 2.45) is 10.9 Å². The Hall–Kier alpha value is -1.62. The van der Waals surface area contributed by atoms with Crippen LogP contribution in [-0.2, 0) is 6.54 Å². The standard InChI is InChI=1S/C10H16N4O/c1-8(10(11)13-15)14(2)7-9-5-3-4-6-12-9/h3-6,8,15H,7H2,1-2H3,(H2,11,13). The second-order valence-electron chi connectivity index (χ2n) is 3.44. The smallest absolute Gasteiger partial charge is 0.156 e. The van der Waals surface area contributed by atoms with Gasteiger partial charge in [0.05, 0.1) is 11.7 Å². The summed E-state index contributed by atoms with van der Waals surface area (Å²) in [4.78, 5) is 6.16. The molecule has 0 radical (unpaired) electrons. The third-order valence-corrected chi connectivity index (χ3v) is 2.34. The van der Waals surface area contributed by atoms with Crippen LogP contribution in [0.3, 0.4) is 0 Å². The molecule has 1 rings (SSSR count). The molecular weight excluding hydrogens is 192 g/mol. The van der Waals surface area contributed by atoms with E-state index in [-0.39, 0.29) is 11.9 Å². The highest BCUT2D eigenvalue weighted by Gasteiger charge is 2.13. The summed E-state index contributed by atoms with van der Waals surface area (Å²) >= 11 is 0. The molecule has 1 unspecified atom stereocenters. The maximum absolute atomic E-state index is 8.54. The number of oxime groups is 1. The van der Waals surface area contributed by atoms with Crippen molar-refractivity contribution in [3.05, 3.63) is 30.1 Å². The van der Waals surface area contributed by atoms with Crippen LogP contribution in [0.2, 0.25) is 0 Å². The molecule has 82 valence electrons. The monoisotopic (exact) mass is 208 g/mol. The Kier molecular flexibility index (Phi) is 4.05. The van der Waals surface area contributed by atoms with Crippen LogP contribution in [0.5, 0.6) is 0 Å². The van der Waals surface area contributed by atoms with Crippen molar-refractivity contribution >= 4 is 5.84 Å². The molecule has 0 bridgehead atoms. The van der Waals surface area contributed by atoms with Gasteiger partial charge < -0.3 is 10.9 Å². The predicted molar refractivity (Wildman–Crippen MR) is 58.6 cm³/mol. The van der Waals surface area contributed by atoms with Crippen LogP contribution in [0.4, 0.5) is 0 Å². The number of rotatable bonds is 4. The lowest BCUT2D eigenvalue weighted by atomic mass is 10.2. The molecule has 0 spiro atoms. The van der Waals surface area contributed by atoms with Gasteiger partial charge in [0.2, 0.25) is 0 Å². The minimum absolute atomic E-state index is 0.114. The predicted octanol–water partition coefficient (Wildman–Crippen LogP) is 0.648. The van der Waals surface area contributed by atoms with Crippen molar-refractivity contribution in [3.8, 4) is 0 Å². The molecule has 1 heterocycles. The van der Waals surface area contributed by atoms with Gasteiger partial charge in [-0.15, -0.1) is 0 Å². The molecular formula is C10H16N4O. The maximum Gasteiger partial charge on any atom is 0.156 e. The molecule has 0 saturated carbocycles. The molecule has 0 saturated heterocycles. The molecule has 0 aliphatic carbocycles. The van der Waals surface area contributed by atoms with Gasteiger partial charge in [0.15, 0.2) is 5.84 Å². The molecule has 0 aliphatic rings. The highest BCUT2D eigenvalue weighted by molar-refractivity contribution is 5.84. The number of nitrogens with zero attached hydrogens (tertiary/aromatic N) is 3. The molecule has 1 atom stereocenters. The van der Waals surface area contributed by atoms with E-state index >= 15 is 0 Å². The highest BCUT2D eigenvalue weighted by atomic mass is 16.4. The van der Waals surface area contributed by atoms with E-state index in [4.69, 9.17) is 10.9 Å². The van der Waals surface area contributed by atoms with Crippen LogP contribution >= 0.6 is 0 Å². The first-order valence-corrected chi connectivity index (χ1v) is 4.72. The van der Waals surface area contributed by atoms with Crippen molar-refractivity contribution in [1.29, 1.82) is 0 Å². The number of pyridine rings is 1. The summed E-state index contributed by atoms with van der Waals surface area (Å²) < 4.78 is 0. The van der Waals surface area contributed by atoms with Crippen LogP contribution in [0.25, 0.3) is 0 Å². The molecule has 0 amide bonds. The third-order valence-electron chi connectivity index (χ3n) is 2.34. The number of likely N-dealkylation sites (N-methyl/N-ethyl adjacent to an activating group) is 1. The average Bonchev–Trinajstić information content (AvgIpc) is 2.28. The van der Waals surface area contributed by atoms with Gasteiger partial charge in [-0.25, -0.2) is 0 Å². The minimum Gasteiger partial charge on any atom is -0.409 e. The molecule has 0 aliphatic heterocycles. The first kappa shape index (κ1) is 11.5. The molecule has 15 heavy (non-hydrogen) atoms. The van der Waals surface area contributed by atoms with Gasteiger partial charge in [-0.3, -0.25) is 9.88 Å². The van der Waals surface area contributed by atoms with Crippen molar-refractivity contribution in [2.75, 3.05) is 7.05 Å². The average molecular weight is 208 g/mol. The lowest BCUT2D eigenvalue weighted by molar-refractivity contribution is 0.277. The Bertz CT molecular complexity index is 325. The molecule has 1 aromatic rings. The zero-order valence-corrected chi connectivity index (χ0v) is 8.96. The first-order valence-electron chi connectivity index (χ1n) is 4.72. The summed E-state index contributed by atoms with van der Waals surface area (Å²) in [5.74, 6) is 0.202. The fraction of sp³-hybridized carbons (Fsp3) is 0.400. The minimum atomic E-state index is -0.114. The van der Waals surface area contributed by atoms with E-state index in [1.54, 1.807) is 6.20 Å². The van der Waals surface area contributed by atoms with E-state index in [0.717, 1.165) is 5.69 Å². The number of hydrogen-bond acceptors (Lipinski definition) is 4. The van der Waals surface area contributed by atoms with Gasteiger partial charge in [0.25, 0.3) is 0 Å². The van der Waals surface area contributed by atoms with Gasteiger partial charge >= 0.3 is 0 Å². The van der Waals surface area contributed by atoms with E-state index < -0.39 is 0 Å². The Morgan fingerprint density at radius 2 is 2.40 bits per heavy atom. The molecule has 5 nitrogen and oxygen atoms in total. The molecule has 5 heteroatoms. The summed E-state index contributed by atoms with van der Waals surface area (Å²) in [6.07, 6.45) is 1.75. The Morgan fingerprint density at radius 3 is 2.93 bits per heavy atom. The normalized spacial score (nSPS) is 14.2. The lowest BCUT2D eigenvalue weighted by Gasteiger charge is -2.22. The van der Waals surface area contributed by atoms with Crippen molar-refractivity contribution < 1.29 is 5.21 Å². The van der Waals surface area contributed by atoms with Crippen molar-refractivity contribution in [1.82, 2.24) is 9.88 Å². The summed E-state index contributed by atoms with van der Waals surface area (Å²) in [5.41, 5.74) is 6.47. The Balaban J connectivity index is 2.60. The molecule has 0 aromatic carbocycles. The van der Waals surface area contributed by atoms with Gasteiger partial charge in [-0.05, 0) is 26.1 Å². The van der Waals surface area contributed by atoms with Gasteiger partial charge in [0, 0.05) is 12.7 Å². The highest BCUT2D eigenvalue weighted by Crippen LogP contribution is 2.03. The largest absolute Gasteiger partial charge is 0.409 e. The number of hydrogen-bond donors (Lipinski definition) is 2. The summed E-state index contributed by atoms with van der Waals surface area (Å²) in [5, 5.41) is 11.5. The second-order valence-corrected chi connectivity index (χ2v) is 3.44. The van der Waals surface area contributed by atoms with Gasteiger partial charge in [-0.1, -0.05) is 11.2 Å². The van der Waals surface area contributed by atoms with E-state index in [2.05, 4.69) is 10.1 Å². The van der Waals surface area contributed by atoms with Crippen LogP contribution in [0.1, 0.15) is 12.6 Å². The lowest BCUT2D eigenvalue weighted by Crippen LogP contribution is -2.40. The number of nitrogens with two attached hydrogens (primary N) is 1. The van der Waals surface area contributed by atoms with Crippen LogP contribution < -0.4 is 5.73 Å². The van der Waals surface area contributed by atoms with E-state index in [1.807, 2.05) is 37.1 Å². The topological polar surface area (TPSA) is 74.7 Å². The zero-order valence-electron chi connectivity index (χ0n) is 8.96. The second kappa shape index (κ2) is 5.31. The van der Waals surface area contributed by atoms with Gasteiger partial charge in [-0.2, -0.15) is 0 Å². The summed E-state index contributed by atoms with van der Waals surface area (Å²) in [6, 6.07) is 5.63. The Morgan fingerprint density at radius 1 is 1.67 bits per heavy atom. The van der Waals surface area contributed by atoms with Crippen LogP contribution in [0.15, 0.2) is 29.6 Å². The number of aromatic nitrogens is 1. The quantitative estimate of drug-likeness (QED) is 0.330. The van der Waals surface area contributed by atoms with Crippen LogP contribution in [-0.4, -0.2) is 34.0 Å². The number of amidine groups is 1. The zero-order chi connectivity index (χ0) is 11.3. The van der Waals surface area contributed by atoms with Crippen LogP contribution in [0, 0.1) is 0 Å². The summed E-state index contributed by atoms with van der Waals surface area (Å²) in [7, 11) is 1.90. The van der Waals surface area contributed by atoms with E-state index in [9.17, 15) is 0 Å². The van der Waals surface area contributed by atoms with E-state index in [1.165, 1.54) is 0 Å². The molecule has 3 N–H and O–H groups in total. The van der Waals surface area contributed by atoms with Crippen molar-refractivity contribution in [3.63, 3.8) is 0 Å².